The molecule has 0 radical (unpaired) electrons. The number of hydrogen-bond donors (Lipinski definition) is 2. The third kappa shape index (κ3) is 8.36. The molecule has 0 aromatic heterocycles. The van der Waals surface area contributed by atoms with Crippen LogP contribution in [0.2, 0.25) is 0 Å². The Labute approximate surface area is 151 Å². The quantitative estimate of drug-likeness (QED) is 0.559. The summed E-state index contributed by atoms with van der Waals surface area (Å²) in [6.45, 7) is 2.12. The second-order valence-electron chi connectivity index (χ2n) is 6.39. The minimum Gasteiger partial charge on any atom is -0.480 e. The largest absolute Gasteiger partial charge is 0.480 e. The van der Waals surface area contributed by atoms with Crippen molar-refractivity contribution in [1.29, 1.82) is 0 Å². The summed E-state index contributed by atoms with van der Waals surface area (Å²) in [7, 11) is 0. The van der Waals surface area contributed by atoms with E-state index in [1.165, 1.54) is 12.1 Å². The molecule has 0 bridgehead atoms. The van der Waals surface area contributed by atoms with Crippen molar-refractivity contribution < 1.29 is 27.9 Å². The Bertz CT molecular complexity index is 570. The summed E-state index contributed by atoms with van der Waals surface area (Å²) in [6.07, 6.45) is 1.85. The molecule has 2 N–H and O–H groups in total. The number of carboxylic acids is 1. The zero-order chi connectivity index (χ0) is 19.6. The molecule has 0 aliphatic carbocycles. The molecule has 0 fully saturated rings. The van der Waals surface area contributed by atoms with E-state index in [0.717, 1.165) is 44.2 Å². The van der Waals surface area contributed by atoms with Gasteiger partial charge in [-0.3, -0.25) is 4.79 Å². The lowest BCUT2D eigenvalue weighted by atomic mass is 10.0. The molecule has 1 amide bonds. The molecule has 1 aromatic rings. The molecule has 146 valence electrons. The van der Waals surface area contributed by atoms with Gasteiger partial charge < -0.3 is 10.4 Å². The molecule has 4 nitrogen and oxygen atoms in total. The van der Waals surface area contributed by atoms with Gasteiger partial charge in [0.05, 0.1) is 12.0 Å². The smallest absolute Gasteiger partial charge is 0.416 e. The van der Waals surface area contributed by atoms with Crippen molar-refractivity contribution in [3.05, 3.63) is 35.4 Å². The van der Waals surface area contributed by atoms with Crippen molar-refractivity contribution in [2.75, 3.05) is 0 Å². The number of carbonyl (C=O) groups is 2. The minimum atomic E-state index is -4.42. The lowest BCUT2D eigenvalue weighted by Crippen LogP contribution is -2.41. The molecule has 1 atom stereocenters. The molecule has 0 aliphatic rings. The molecule has 0 unspecified atom stereocenters. The number of aliphatic carboxylic acids is 1. The van der Waals surface area contributed by atoms with E-state index >= 15 is 0 Å². The Morgan fingerprint density at radius 1 is 1.04 bits per heavy atom. The van der Waals surface area contributed by atoms with E-state index in [4.69, 9.17) is 0 Å². The summed E-state index contributed by atoms with van der Waals surface area (Å²) in [4.78, 5) is 23.3. The van der Waals surface area contributed by atoms with Gasteiger partial charge in [-0.15, -0.1) is 0 Å². The molecule has 26 heavy (non-hydrogen) atoms. The molecular weight excluding hydrogens is 347 g/mol. The van der Waals surface area contributed by atoms with E-state index in [-0.39, 0.29) is 6.42 Å². The second-order valence-corrected chi connectivity index (χ2v) is 6.39. The first-order valence-electron chi connectivity index (χ1n) is 8.92. The van der Waals surface area contributed by atoms with Gasteiger partial charge >= 0.3 is 12.1 Å². The van der Waals surface area contributed by atoms with E-state index in [0.29, 0.717) is 18.4 Å². The van der Waals surface area contributed by atoms with Crippen molar-refractivity contribution in [2.24, 2.45) is 0 Å². The fourth-order valence-corrected chi connectivity index (χ4v) is 2.63. The standard InChI is InChI=1S/C19H26F3NO3/c1-2-3-4-5-6-7-8-16(18(25)26)23-17(24)13-14-9-11-15(12-10-14)19(20,21)22/h9-12,16H,2-8,13H2,1H3,(H,23,24)(H,25,26)/t16-/m0/s1. The SMILES string of the molecule is CCCCCCCC[C@H](NC(=O)Cc1ccc(C(F)(F)F)cc1)C(=O)O. The molecule has 1 rings (SSSR count). The van der Waals surface area contributed by atoms with Crippen LogP contribution in [0.3, 0.4) is 0 Å². The predicted molar refractivity (Wildman–Crippen MR) is 92.7 cm³/mol. The van der Waals surface area contributed by atoms with Crippen LogP contribution in [0.1, 0.15) is 63.0 Å². The van der Waals surface area contributed by atoms with Gasteiger partial charge in [0.2, 0.25) is 5.91 Å². The first-order valence-corrected chi connectivity index (χ1v) is 8.92. The number of hydrogen-bond acceptors (Lipinski definition) is 2. The maximum absolute atomic E-state index is 12.5. The maximum atomic E-state index is 12.5. The number of halogens is 3. The molecule has 0 saturated carbocycles. The Kier molecular flexibility index (Phi) is 9.16. The monoisotopic (exact) mass is 373 g/mol. The normalized spacial score (nSPS) is 12.6. The number of amides is 1. The summed E-state index contributed by atoms with van der Waals surface area (Å²) in [6, 6.07) is 3.31. The first kappa shape index (κ1) is 22.0. The van der Waals surface area contributed by atoms with Crippen LogP contribution in [0.4, 0.5) is 13.2 Å². The van der Waals surface area contributed by atoms with Crippen LogP contribution >= 0.6 is 0 Å². The number of unbranched alkanes of at least 4 members (excludes halogenated alkanes) is 5. The predicted octanol–water partition coefficient (Wildman–Crippen LogP) is 4.57. The molecule has 0 spiro atoms. The van der Waals surface area contributed by atoms with Gasteiger partial charge in [-0.2, -0.15) is 13.2 Å². The Morgan fingerprint density at radius 3 is 2.15 bits per heavy atom. The van der Waals surface area contributed by atoms with Crippen molar-refractivity contribution >= 4 is 11.9 Å². The van der Waals surface area contributed by atoms with E-state index in [9.17, 15) is 27.9 Å². The van der Waals surface area contributed by atoms with Crippen LogP contribution < -0.4 is 5.32 Å². The van der Waals surface area contributed by atoms with Crippen molar-refractivity contribution in [1.82, 2.24) is 5.32 Å². The van der Waals surface area contributed by atoms with Crippen LogP contribution in [-0.2, 0) is 22.2 Å². The number of carboxylic acid groups (broad SMARTS) is 1. The van der Waals surface area contributed by atoms with E-state index in [1.807, 2.05) is 0 Å². The lowest BCUT2D eigenvalue weighted by molar-refractivity contribution is -0.142. The molecule has 1 aromatic carbocycles. The van der Waals surface area contributed by atoms with Crippen molar-refractivity contribution in [3.63, 3.8) is 0 Å². The number of alkyl halides is 3. The highest BCUT2D eigenvalue weighted by atomic mass is 19.4. The van der Waals surface area contributed by atoms with E-state index in [1.54, 1.807) is 0 Å². The van der Waals surface area contributed by atoms with Gasteiger partial charge in [0.25, 0.3) is 0 Å². The summed E-state index contributed by atoms with van der Waals surface area (Å²) < 4.78 is 37.5. The zero-order valence-corrected chi connectivity index (χ0v) is 14.9. The van der Waals surface area contributed by atoms with Gasteiger partial charge in [0, 0.05) is 0 Å². The van der Waals surface area contributed by atoms with Gasteiger partial charge in [-0.25, -0.2) is 4.79 Å². The fourth-order valence-electron chi connectivity index (χ4n) is 2.63. The average Bonchev–Trinajstić information content (AvgIpc) is 2.56. The second kappa shape index (κ2) is 10.8. The topological polar surface area (TPSA) is 66.4 Å². The Hall–Kier alpha value is -2.05. The fraction of sp³-hybridized carbons (Fsp3) is 0.579. The lowest BCUT2D eigenvalue weighted by Gasteiger charge is -2.15. The van der Waals surface area contributed by atoms with Crippen LogP contribution in [0.15, 0.2) is 24.3 Å². The first-order chi connectivity index (χ1) is 12.2. The van der Waals surface area contributed by atoms with Crippen LogP contribution in [0, 0.1) is 0 Å². The number of rotatable bonds is 11. The highest BCUT2D eigenvalue weighted by Gasteiger charge is 2.30. The number of carbonyl (C=O) groups excluding carboxylic acids is 1. The minimum absolute atomic E-state index is 0.154. The van der Waals surface area contributed by atoms with Crippen LogP contribution in [0.5, 0.6) is 0 Å². The summed E-state index contributed by atoms with van der Waals surface area (Å²) in [5.74, 6) is -1.61. The van der Waals surface area contributed by atoms with Crippen LogP contribution in [0.25, 0.3) is 0 Å². The van der Waals surface area contributed by atoms with Gasteiger partial charge in [0.15, 0.2) is 0 Å². The molecule has 0 saturated heterocycles. The average molecular weight is 373 g/mol. The highest BCUT2D eigenvalue weighted by molar-refractivity contribution is 5.84. The molecular formula is C19H26F3NO3. The number of nitrogens with one attached hydrogen (secondary N) is 1. The molecule has 0 heterocycles. The van der Waals surface area contributed by atoms with E-state index < -0.39 is 29.7 Å². The Morgan fingerprint density at radius 2 is 1.62 bits per heavy atom. The third-order valence-electron chi connectivity index (χ3n) is 4.13. The summed E-state index contributed by atoms with van der Waals surface area (Å²) in [5.41, 5.74) is -0.382. The summed E-state index contributed by atoms with van der Waals surface area (Å²) >= 11 is 0. The third-order valence-corrected chi connectivity index (χ3v) is 4.13. The summed E-state index contributed by atoms with van der Waals surface area (Å²) in [5, 5.41) is 11.7. The zero-order valence-electron chi connectivity index (χ0n) is 14.9. The Balaban J connectivity index is 2.45. The van der Waals surface area contributed by atoms with Gasteiger partial charge in [0.1, 0.15) is 6.04 Å². The maximum Gasteiger partial charge on any atom is 0.416 e. The molecule has 0 aliphatic heterocycles. The van der Waals surface area contributed by atoms with Gasteiger partial charge in [-0.05, 0) is 24.1 Å². The number of benzene rings is 1. The molecule has 7 heteroatoms. The van der Waals surface area contributed by atoms with Crippen molar-refractivity contribution in [3.8, 4) is 0 Å². The van der Waals surface area contributed by atoms with E-state index in [2.05, 4.69) is 12.2 Å². The van der Waals surface area contributed by atoms with Crippen molar-refractivity contribution in [2.45, 2.75) is 70.5 Å². The van der Waals surface area contributed by atoms with Crippen LogP contribution in [-0.4, -0.2) is 23.0 Å². The highest BCUT2D eigenvalue weighted by Crippen LogP contribution is 2.29. The van der Waals surface area contributed by atoms with Gasteiger partial charge in [-0.1, -0.05) is 57.6 Å².